The zero-order valence-electron chi connectivity index (χ0n) is 10.3. The van der Waals surface area contributed by atoms with Gasteiger partial charge in [-0.05, 0) is 30.5 Å². The van der Waals surface area contributed by atoms with Crippen LogP contribution in [0.25, 0.3) is 0 Å². The molecule has 98 valence electrons. The summed E-state index contributed by atoms with van der Waals surface area (Å²) in [5.74, 6) is -0.442. The molecule has 1 aliphatic rings. The van der Waals surface area contributed by atoms with Crippen molar-refractivity contribution in [3.8, 4) is 0 Å². The molecule has 0 amide bonds. The molecule has 0 aromatic heterocycles. The molecule has 1 nitrogen and oxygen atoms in total. The van der Waals surface area contributed by atoms with E-state index in [9.17, 15) is 9.50 Å². The highest BCUT2D eigenvalue weighted by molar-refractivity contribution is 6.30. The van der Waals surface area contributed by atoms with Crippen LogP contribution in [0.4, 0.5) is 4.39 Å². The van der Waals surface area contributed by atoms with Crippen molar-refractivity contribution in [2.75, 3.05) is 0 Å². The molecular weight excluding hydrogens is 263 g/mol. The molecular formula is C16H14ClFO. The van der Waals surface area contributed by atoms with E-state index in [1.54, 1.807) is 12.1 Å². The van der Waals surface area contributed by atoms with Gasteiger partial charge in [0.05, 0.1) is 6.10 Å². The summed E-state index contributed by atoms with van der Waals surface area (Å²) in [7, 11) is 0. The Morgan fingerprint density at radius 1 is 1.11 bits per heavy atom. The van der Waals surface area contributed by atoms with Crippen LogP contribution in [0.5, 0.6) is 0 Å². The van der Waals surface area contributed by atoms with Gasteiger partial charge in [0.2, 0.25) is 0 Å². The van der Waals surface area contributed by atoms with Crippen LogP contribution in [0.3, 0.4) is 0 Å². The molecule has 1 fully saturated rings. The van der Waals surface area contributed by atoms with Gasteiger partial charge >= 0.3 is 0 Å². The molecule has 2 aromatic rings. The Labute approximate surface area is 116 Å². The summed E-state index contributed by atoms with van der Waals surface area (Å²) >= 11 is 5.75. The Kier molecular flexibility index (Phi) is 3.08. The normalized spacial score (nSPS) is 18.1. The van der Waals surface area contributed by atoms with Gasteiger partial charge in [-0.2, -0.15) is 0 Å². The molecule has 1 unspecified atom stereocenters. The van der Waals surface area contributed by atoms with Crippen molar-refractivity contribution in [3.63, 3.8) is 0 Å². The molecule has 1 atom stereocenters. The van der Waals surface area contributed by atoms with Gasteiger partial charge in [-0.1, -0.05) is 48.0 Å². The molecule has 0 spiro atoms. The van der Waals surface area contributed by atoms with Crippen molar-refractivity contribution in [3.05, 3.63) is 70.5 Å². The standard InChI is InChI=1S/C16H14ClFO/c17-12-6-7-13(14(18)10-12)15(19)16(8-9-16)11-4-2-1-3-5-11/h1-7,10,15,19H,8-9H2. The molecule has 1 saturated carbocycles. The van der Waals surface area contributed by atoms with Crippen LogP contribution in [-0.2, 0) is 5.41 Å². The second-order valence-electron chi connectivity index (χ2n) is 5.09. The molecule has 0 radical (unpaired) electrons. The van der Waals surface area contributed by atoms with E-state index in [0.717, 1.165) is 18.4 Å². The topological polar surface area (TPSA) is 20.2 Å². The zero-order chi connectivity index (χ0) is 13.5. The number of halogens is 2. The first kappa shape index (κ1) is 12.6. The van der Waals surface area contributed by atoms with Crippen molar-refractivity contribution < 1.29 is 9.50 Å². The lowest BCUT2D eigenvalue weighted by Crippen LogP contribution is -2.19. The van der Waals surface area contributed by atoms with Crippen molar-refractivity contribution in [1.29, 1.82) is 0 Å². The summed E-state index contributed by atoms with van der Waals surface area (Å²) in [5.41, 5.74) is 1.05. The predicted octanol–water partition coefficient (Wildman–Crippen LogP) is 4.24. The molecule has 0 bridgehead atoms. The van der Waals surface area contributed by atoms with E-state index in [0.29, 0.717) is 10.6 Å². The van der Waals surface area contributed by atoms with Gasteiger partial charge in [-0.3, -0.25) is 0 Å². The predicted molar refractivity (Wildman–Crippen MR) is 73.7 cm³/mol. The van der Waals surface area contributed by atoms with Gasteiger partial charge < -0.3 is 5.11 Å². The highest BCUT2D eigenvalue weighted by Crippen LogP contribution is 2.56. The van der Waals surface area contributed by atoms with Gasteiger partial charge in [0.15, 0.2) is 0 Å². The van der Waals surface area contributed by atoms with Gasteiger partial charge in [0.25, 0.3) is 0 Å². The molecule has 0 saturated heterocycles. The van der Waals surface area contributed by atoms with Gasteiger partial charge in [0.1, 0.15) is 5.82 Å². The lowest BCUT2D eigenvalue weighted by Gasteiger charge is -2.23. The van der Waals surface area contributed by atoms with Crippen molar-refractivity contribution in [1.82, 2.24) is 0 Å². The fourth-order valence-electron chi connectivity index (χ4n) is 2.65. The maximum atomic E-state index is 13.9. The fourth-order valence-corrected chi connectivity index (χ4v) is 2.80. The SMILES string of the molecule is OC(c1ccc(Cl)cc1F)C1(c2ccccc2)CC1. The minimum Gasteiger partial charge on any atom is -0.387 e. The summed E-state index contributed by atoms with van der Waals surface area (Å²) < 4.78 is 13.9. The molecule has 19 heavy (non-hydrogen) atoms. The van der Waals surface area contributed by atoms with Crippen molar-refractivity contribution in [2.45, 2.75) is 24.4 Å². The maximum absolute atomic E-state index is 13.9. The summed E-state index contributed by atoms with van der Waals surface area (Å²) in [6, 6.07) is 14.3. The summed E-state index contributed by atoms with van der Waals surface area (Å²) in [6.45, 7) is 0. The number of hydrogen-bond donors (Lipinski definition) is 1. The first-order valence-corrected chi connectivity index (χ1v) is 6.70. The zero-order valence-corrected chi connectivity index (χ0v) is 11.1. The second-order valence-corrected chi connectivity index (χ2v) is 5.53. The molecule has 1 N–H and O–H groups in total. The van der Waals surface area contributed by atoms with Crippen LogP contribution in [0, 0.1) is 5.82 Å². The van der Waals surface area contributed by atoms with Crippen LogP contribution >= 0.6 is 11.6 Å². The Bertz CT molecular complexity index is 593. The molecule has 2 aromatic carbocycles. The monoisotopic (exact) mass is 276 g/mol. The average Bonchev–Trinajstić information content (AvgIpc) is 3.20. The quantitative estimate of drug-likeness (QED) is 0.889. The first-order valence-electron chi connectivity index (χ1n) is 6.32. The van der Waals surface area contributed by atoms with Crippen LogP contribution < -0.4 is 0 Å². The summed E-state index contributed by atoms with van der Waals surface area (Å²) in [6.07, 6.45) is 0.924. The van der Waals surface area contributed by atoms with Gasteiger partial charge in [0, 0.05) is 16.0 Å². The molecule has 0 aliphatic heterocycles. The fraction of sp³-hybridized carbons (Fsp3) is 0.250. The largest absolute Gasteiger partial charge is 0.387 e. The average molecular weight is 277 g/mol. The highest BCUT2D eigenvalue weighted by Gasteiger charge is 2.51. The highest BCUT2D eigenvalue weighted by atomic mass is 35.5. The lowest BCUT2D eigenvalue weighted by atomic mass is 9.86. The Morgan fingerprint density at radius 2 is 1.79 bits per heavy atom. The molecule has 3 heteroatoms. The second kappa shape index (κ2) is 4.62. The minimum absolute atomic E-state index is 0.325. The smallest absolute Gasteiger partial charge is 0.130 e. The summed E-state index contributed by atoms with van der Waals surface area (Å²) in [4.78, 5) is 0. The molecule has 0 heterocycles. The number of benzene rings is 2. The van der Waals surface area contributed by atoms with Crippen LogP contribution in [0.1, 0.15) is 30.1 Å². The van der Waals surface area contributed by atoms with Crippen LogP contribution in [0.2, 0.25) is 5.02 Å². The van der Waals surface area contributed by atoms with Gasteiger partial charge in [-0.25, -0.2) is 4.39 Å². The number of aliphatic hydroxyl groups is 1. The van der Waals surface area contributed by atoms with E-state index in [-0.39, 0.29) is 5.41 Å². The summed E-state index contributed by atoms with van der Waals surface area (Å²) in [5, 5.41) is 10.9. The van der Waals surface area contributed by atoms with E-state index in [1.807, 2.05) is 30.3 Å². The third-order valence-electron chi connectivity index (χ3n) is 3.92. The van der Waals surface area contributed by atoms with Crippen LogP contribution in [-0.4, -0.2) is 5.11 Å². The third-order valence-corrected chi connectivity index (χ3v) is 4.15. The Hall–Kier alpha value is -1.38. The third kappa shape index (κ3) is 2.15. The Morgan fingerprint density at radius 3 is 2.37 bits per heavy atom. The molecule has 3 rings (SSSR count). The lowest BCUT2D eigenvalue weighted by molar-refractivity contribution is 0.129. The number of rotatable bonds is 3. The number of hydrogen-bond acceptors (Lipinski definition) is 1. The van der Waals surface area contributed by atoms with Gasteiger partial charge in [-0.15, -0.1) is 0 Å². The van der Waals surface area contributed by atoms with Crippen LogP contribution in [0.15, 0.2) is 48.5 Å². The maximum Gasteiger partial charge on any atom is 0.130 e. The van der Waals surface area contributed by atoms with E-state index >= 15 is 0 Å². The van der Waals surface area contributed by atoms with E-state index in [2.05, 4.69) is 0 Å². The minimum atomic E-state index is -0.827. The Balaban J connectivity index is 1.98. The van der Waals surface area contributed by atoms with Crippen molar-refractivity contribution in [2.24, 2.45) is 0 Å². The number of aliphatic hydroxyl groups excluding tert-OH is 1. The van der Waals surface area contributed by atoms with E-state index in [1.165, 1.54) is 6.07 Å². The van der Waals surface area contributed by atoms with E-state index < -0.39 is 11.9 Å². The molecule has 1 aliphatic carbocycles. The first-order chi connectivity index (χ1) is 9.13. The van der Waals surface area contributed by atoms with Crippen molar-refractivity contribution >= 4 is 11.6 Å². The van der Waals surface area contributed by atoms with E-state index in [4.69, 9.17) is 11.6 Å².